The summed E-state index contributed by atoms with van der Waals surface area (Å²) >= 11 is 0. The van der Waals surface area contributed by atoms with Gasteiger partial charge in [0.05, 0.1) is 5.52 Å². The molecule has 0 aliphatic heterocycles. The summed E-state index contributed by atoms with van der Waals surface area (Å²) in [4.78, 5) is 0. The van der Waals surface area contributed by atoms with Gasteiger partial charge in [-0.1, -0.05) is 12.1 Å². The van der Waals surface area contributed by atoms with E-state index in [1.165, 1.54) is 11.1 Å². The second-order valence-electron chi connectivity index (χ2n) is 3.95. The highest BCUT2D eigenvalue weighted by atomic mass is 16.4. The number of benzene rings is 1. The fourth-order valence-corrected chi connectivity index (χ4v) is 2.02. The maximum Gasteiger partial charge on any atom is 0.505 e. The highest BCUT2D eigenvalue weighted by molar-refractivity contribution is 6.58. The monoisotopic (exact) mass is 203 g/mol. The van der Waals surface area contributed by atoms with Gasteiger partial charge in [-0.15, -0.1) is 0 Å². The molecule has 15 heavy (non-hydrogen) atoms. The molecule has 0 spiro atoms. The summed E-state index contributed by atoms with van der Waals surface area (Å²) in [6.07, 6.45) is 0. The number of hydrogen-bond donors (Lipinski definition) is 2. The molecule has 0 aliphatic carbocycles. The third-order valence-electron chi connectivity index (χ3n) is 3.02. The summed E-state index contributed by atoms with van der Waals surface area (Å²) in [5, 5.41) is 19.4. The maximum absolute atomic E-state index is 9.20. The van der Waals surface area contributed by atoms with Gasteiger partial charge >= 0.3 is 7.12 Å². The lowest BCUT2D eigenvalue weighted by atomic mass is 9.86. The van der Waals surface area contributed by atoms with Crippen molar-refractivity contribution in [1.29, 1.82) is 0 Å². The van der Waals surface area contributed by atoms with E-state index in [0.717, 1.165) is 10.9 Å². The van der Waals surface area contributed by atoms with Crippen molar-refractivity contribution in [1.82, 2.24) is 4.57 Å². The molecule has 2 rings (SSSR count). The minimum atomic E-state index is -1.41. The van der Waals surface area contributed by atoms with Crippen molar-refractivity contribution in [3.8, 4) is 0 Å². The van der Waals surface area contributed by atoms with Crippen molar-refractivity contribution < 1.29 is 10.0 Å². The van der Waals surface area contributed by atoms with E-state index in [4.69, 9.17) is 0 Å². The van der Waals surface area contributed by atoms with E-state index in [-0.39, 0.29) is 0 Å². The van der Waals surface area contributed by atoms with Crippen molar-refractivity contribution in [2.45, 2.75) is 13.8 Å². The molecular weight excluding hydrogens is 189 g/mol. The van der Waals surface area contributed by atoms with E-state index >= 15 is 0 Å². The zero-order valence-corrected chi connectivity index (χ0v) is 9.15. The van der Waals surface area contributed by atoms with Crippen LogP contribution in [-0.2, 0) is 7.05 Å². The van der Waals surface area contributed by atoms with E-state index in [1.807, 2.05) is 36.7 Å². The van der Waals surface area contributed by atoms with Crippen LogP contribution in [0.3, 0.4) is 0 Å². The summed E-state index contributed by atoms with van der Waals surface area (Å²) < 4.78 is 1.84. The van der Waals surface area contributed by atoms with Gasteiger partial charge in [-0.2, -0.15) is 0 Å². The molecule has 0 bridgehead atoms. The van der Waals surface area contributed by atoms with Crippen molar-refractivity contribution in [2.75, 3.05) is 0 Å². The lowest BCUT2D eigenvalue weighted by molar-refractivity contribution is 0.423. The predicted molar refractivity (Wildman–Crippen MR) is 62.2 cm³/mol. The average molecular weight is 203 g/mol. The molecule has 0 radical (unpaired) electrons. The first-order valence-electron chi connectivity index (χ1n) is 4.94. The van der Waals surface area contributed by atoms with Crippen LogP contribution in [0, 0.1) is 13.8 Å². The molecule has 0 atom stereocenters. The smallest absolute Gasteiger partial charge is 0.422 e. The summed E-state index contributed by atoms with van der Waals surface area (Å²) in [6, 6.07) is 5.86. The largest absolute Gasteiger partial charge is 0.505 e. The van der Waals surface area contributed by atoms with Gasteiger partial charge in [0.1, 0.15) is 0 Å². The SMILES string of the molecule is Cc1ccc2cc(B(O)O)n(C)c2c1C. The second kappa shape index (κ2) is 3.40. The van der Waals surface area contributed by atoms with Crippen LogP contribution in [0.4, 0.5) is 0 Å². The number of nitrogens with zero attached hydrogens (tertiary/aromatic N) is 1. The molecule has 78 valence electrons. The van der Waals surface area contributed by atoms with Crippen molar-refractivity contribution in [3.63, 3.8) is 0 Å². The Morgan fingerprint density at radius 1 is 1.20 bits per heavy atom. The van der Waals surface area contributed by atoms with Crippen LogP contribution >= 0.6 is 0 Å². The summed E-state index contributed by atoms with van der Waals surface area (Å²) in [5.41, 5.74) is 3.99. The van der Waals surface area contributed by atoms with Gasteiger partial charge in [0.15, 0.2) is 0 Å². The standard InChI is InChI=1S/C11H14BNO2/c1-7-4-5-9-6-10(12(14)15)13(3)11(9)8(7)2/h4-6,14-15H,1-3H3. The quantitative estimate of drug-likeness (QED) is 0.662. The first-order valence-corrected chi connectivity index (χ1v) is 4.94. The van der Waals surface area contributed by atoms with Gasteiger partial charge in [0.2, 0.25) is 0 Å². The Kier molecular flexibility index (Phi) is 2.33. The Bertz CT molecular complexity index is 517. The molecule has 0 amide bonds. The minimum absolute atomic E-state index is 0.527. The van der Waals surface area contributed by atoms with Crippen LogP contribution in [0.5, 0.6) is 0 Å². The van der Waals surface area contributed by atoms with E-state index in [1.54, 1.807) is 0 Å². The Morgan fingerprint density at radius 3 is 2.47 bits per heavy atom. The van der Waals surface area contributed by atoms with E-state index in [0.29, 0.717) is 5.59 Å². The third-order valence-corrected chi connectivity index (χ3v) is 3.02. The number of hydrogen-bond acceptors (Lipinski definition) is 2. The number of aryl methyl sites for hydroxylation is 3. The van der Waals surface area contributed by atoms with Crippen LogP contribution in [0.15, 0.2) is 18.2 Å². The lowest BCUT2D eigenvalue weighted by Crippen LogP contribution is -2.34. The number of aromatic nitrogens is 1. The summed E-state index contributed by atoms with van der Waals surface area (Å²) in [7, 11) is 0.436. The predicted octanol–water partition coefficient (Wildman–Crippen LogP) is 0.475. The number of fused-ring (bicyclic) bond motifs is 1. The lowest BCUT2D eigenvalue weighted by Gasteiger charge is -2.06. The fraction of sp³-hybridized carbons (Fsp3) is 0.273. The molecule has 3 nitrogen and oxygen atoms in total. The molecule has 1 heterocycles. The molecule has 2 aromatic rings. The Labute approximate surface area is 89.1 Å². The molecule has 0 fully saturated rings. The van der Waals surface area contributed by atoms with E-state index in [2.05, 4.69) is 6.92 Å². The van der Waals surface area contributed by atoms with Gasteiger partial charge in [-0.25, -0.2) is 0 Å². The zero-order chi connectivity index (χ0) is 11.2. The Hall–Kier alpha value is -1.26. The van der Waals surface area contributed by atoms with Crippen molar-refractivity contribution in [3.05, 3.63) is 29.3 Å². The van der Waals surface area contributed by atoms with Gasteiger partial charge in [0, 0.05) is 12.6 Å². The number of rotatable bonds is 1. The maximum atomic E-state index is 9.20. The normalized spacial score (nSPS) is 11.0. The van der Waals surface area contributed by atoms with E-state index < -0.39 is 7.12 Å². The average Bonchev–Trinajstić information content (AvgIpc) is 2.50. The first kappa shape index (κ1) is 10.3. The molecule has 0 saturated heterocycles. The fourth-order valence-electron chi connectivity index (χ4n) is 2.02. The molecule has 4 heteroatoms. The Morgan fingerprint density at radius 2 is 1.87 bits per heavy atom. The Balaban J connectivity index is 2.83. The molecule has 0 aliphatic rings. The van der Waals surface area contributed by atoms with Crippen LogP contribution < -0.4 is 5.59 Å². The van der Waals surface area contributed by atoms with Crippen molar-refractivity contribution in [2.24, 2.45) is 7.05 Å². The molecule has 2 N–H and O–H groups in total. The van der Waals surface area contributed by atoms with Gasteiger partial charge in [-0.3, -0.25) is 0 Å². The first-order chi connectivity index (χ1) is 7.02. The third kappa shape index (κ3) is 1.46. The second-order valence-corrected chi connectivity index (χ2v) is 3.95. The van der Waals surface area contributed by atoms with Crippen LogP contribution in [-0.4, -0.2) is 21.7 Å². The topological polar surface area (TPSA) is 45.4 Å². The highest BCUT2D eigenvalue weighted by Gasteiger charge is 2.18. The molecule has 1 aromatic heterocycles. The highest BCUT2D eigenvalue weighted by Crippen LogP contribution is 2.20. The molecule has 0 saturated carbocycles. The molecule has 1 aromatic carbocycles. The van der Waals surface area contributed by atoms with Gasteiger partial charge in [0.25, 0.3) is 0 Å². The zero-order valence-electron chi connectivity index (χ0n) is 9.15. The van der Waals surface area contributed by atoms with Gasteiger partial charge in [-0.05, 0) is 36.4 Å². The van der Waals surface area contributed by atoms with Crippen LogP contribution in [0.1, 0.15) is 11.1 Å². The van der Waals surface area contributed by atoms with Crippen LogP contribution in [0.25, 0.3) is 10.9 Å². The summed E-state index contributed by atoms with van der Waals surface area (Å²) in [6.45, 7) is 4.10. The van der Waals surface area contributed by atoms with E-state index in [9.17, 15) is 10.0 Å². The van der Waals surface area contributed by atoms with Crippen LogP contribution in [0.2, 0.25) is 0 Å². The van der Waals surface area contributed by atoms with Crippen molar-refractivity contribution >= 4 is 23.6 Å². The molecular formula is C11H14BNO2. The molecule has 0 unspecified atom stereocenters. The summed E-state index contributed by atoms with van der Waals surface area (Å²) in [5.74, 6) is 0. The minimum Gasteiger partial charge on any atom is -0.422 e. The van der Waals surface area contributed by atoms with Gasteiger partial charge < -0.3 is 14.6 Å².